The van der Waals surface area contributed by atoms with Crippen molar-refractivity contribution in [3.8, 4) is 0 Å². The van der Waals surface area contributed by atoms with Gasteiger partial charge in [0.15, 0.2) is 0 Å². The van der Waals surface area contributed by atoms with Crippen LogP contribution in [0.25, 0.3) is 46.4 Å². The van der Waals surface area contributed by atoms with E-state index in [0.717, 1.165) is 50.5 Å². The smallest absolute Gasteiger partial charge is 0.0659 e. The molecule has 6 heterocycles. The molecule has 6 rings (SSSR count). The third kappa shape index (κ3) is 5.29. The van der Waals surface area contributed by atoms with E-state index >= 15 is 0 Å². The number of fused-ring (bicyclic) bond motifs is 8. The summed E-state index contributed by atoms with van der Waals surface area (Å²) in [7, 11) is 0. The van der Waals surface area contributed by atoms with Crippen LogP contribution in [0.3, 0.4) is 0 Å². The van der Waals surface area contributed by atoms with Gasteiger partial charge in [-0.15, -0.1) is 0 Å². The summed E-state index contributed by atoms with van der Waals surface area (Å²) in [6, 6.07) is 22.3. The van der Waals surface area contributed by atoms with Crippen LogP contribution in [-0.4, -0.2) is 24.9 Å². The summed E-state index contributed by atoms with van der Waals surface area (Å²) in [5.74, 6) is 0. The largest absolute Gasteiger partial charge is 0.355 e. The Balaban J connectivity index is 0.000000265. The first-order chi connectivity index (χ1) is 15.2. The van der Waals surface area contributed by atoms with E-state index in [9.17, 15) is 0 Å². The number of aromatic nitrogens is 5. The molecule has 0 amide bonds. The summed E-state index contributed by atoms with van der Waals surface area (Å²) in [4.78, 5) is 20.0. The second kappa shape index (κ2) is 9.59. The first-order valence-corrected chi connectivity index (χ1v) is 10.1. The molecule has 6 heteroatoms. The molecule has 0 saturated carbocycles. The van der Waals surface area contributed by atoms with Crippen LogP contribution in [0.15, 0.2) is 72.9 Å². The minimum atomic E-state index is 0. The van der Waals surface area contributed by atoms with E-state index in [-0.39, 0.29) is 16.8 Å². The van der Waals surface area contributed by atoms with Gasteiger partial charge in [0.1, 0.15) is 0 Å². The van der Waals surface area contributed by atoms with Crippen LogP contribution in [0.5, 0.6) is 0 Å². The predicted octanol–water partition coefficient (Wildman–Crippen LogP) is 6.04. The van der Waals surface area contributed by atoms with Gasteiger partial charge in [0.05, 0.1) is 22.8 Å². The molecule has 5 nitrogen and oxygen atoms in total. The van der Waals surface area contributed by atoms with Crippen molar-refractivity contribution in [1.29, 1.82) is 0 Å². The van der Waals surface area contributed by atoms with Crippen molar-refractivity contribution in [3.05, 3.63) is 101 Å². The number of nitrogens with zero attached hydrogens (tertiary/aromatic N) is 3. The van der Waals surface area contributed by atoms with Crippen molar-refractivity contribution in [2.75, 3.05) is 0 Å². The fourth-order valence-electron chi connectivity index (χ4n) is 3.39. The number of aromatic amines is 2. The number of hydrogen-bond donors (Lipinski definition) is 2. The normalized spacial score (nSPS) is 11.4. The van der Waals surface area contributed by atoms with E-state index in [1.165, 1.54) is 0 Å². The molecule has 2 aliphatic rings. The molecule has 2 aliphatic heterocycles. The van der Waals surface area contributed by atoms with Gasteiger partial charge in [-0.3, -0.25) is 4.98 Å². The van der Waals surface area contributed by atoms with Gasteiger partial charge in [0.25, 0.3) is 0 Å². The number of nitrogens with one attached hydrogen (secondary N) is 2. The molecule has 4 aromatic heterocycles. The molecule has 4 aromatic rings. The molecule has 32 heavy (non-hydrogen) atoms. The summed E-state index contributed by atoms with van der Waals surface area (Å²) >= 11 is 0. The molecule has 0 aromatic carbocycles. The van der Waals surface area contributed by atoms with Crippen LogP contribution < -0.4 is 0 Å². The van der Waals surface area contributed by atoms with Crippen molar-refractivity contribution >= 4 is 46.4 Å². The molecule has 0 unspecified atom stereocenters. The number of H-pyrrole nitrogens is 2. The van der Waals surface area contributed by atoms with Crippen LogP contribution in [0.1, 0.15) is 28.5 Å². The molecule has 1 radical (unpaired) electrons. The Hall–Kier alpha value is -3.74. The minimum absolute atomic E-state index is 0. The van der Waals surface area contributed by atoms with Crippen molar-refractivity contribution in [2.24, 2.45) is 0 Å². The van der Waals surface area contributed by atoms with E-state index in [4.69, 9.17) is 0 Å². The summed E-state index contributed by atoms with van der Waals surface area (Å²) < 4.78 is 0. The summed E-state index contributed by atoms with van der Waals surface area (Å²) in [5.41, 5.74) is 8.93. The number of pyridine rings is 1. The van der Waals surface area contributed by atoms with Crippen LogP contribution in [0.4, 0.5) is 0 Å². The SMILES string of the molecule is C1=Cc2cc3ccc(cc4ccc(cc5nc(cc1n2)C=C5)[nH]4)[nH]3.Cc1ccccn1.[Co]. The molecular formula is C26H21CoN5. The Morgan fingerprint density at radius 3 is 1.44 bits per heavy atom. The van der Waals surface area contributed by atoms with Gasteiger partial charge in [-0.1, -0.05) is 6.07 Å². The van der Waals surface area contributed by atoms with Gasteiger partial charge < -0.3 is 9.97 Å². The topological polar surface area (TPSA) is 70.2 Å². The fraction of sp³-hybridized carbons (Fsp3) is 0.0385. The minimum Gasteiger partial charge on any atom is -0.355 e. The molecular weight excluding hydrogens is 441 g/mol. The second-order valence-corrected chi connectivity index (χ2v) is 7.38. The van der Waals surface area contributed by atoms with Gasteiger partial charge in [0.2, 0.25) is 0 Å². The van der Waals surface area contributed by atoms with Crippen molar-refractivity contribution < 1.29 is 16.8 Å². The molecule has 0 atom stereocenters. The molecule has 0 fully saturated rings. The Labute approximate surface area is 196 Å². The number of hydrogen-bond acceptors (Lipinski definition) is 3. The van der Waals surface area contributed by atoms with Gasteiger partial charge in [0, 0.05) is 50.7 Å². The first kappa shape index (κ1) is 21.5. The summed E-state index contributed by atoms with van der Waals surface area (Å²) in [5, 5.41) is 0. The van der Waals surface area contributed by atoms with Crippen LogP contribution in [0, 0.1) is 6.92 Å². The van der Waals surface area contributed by atoms with Crippen LogP contribution in [0.2, 0.25) is 0 Å². The van der Waals surface area contributed by atoms with Crippen LogP contribution in [-0.2, 0) is 16.8 Å². The molecule has 2 N–H and O–H groups in total. The van der Waals surface area contributed by atoms with Gasteiger partial charge in [-0.25, -0.2) is 9.97 Å². The van der Waals surface area contributed by atoms with E-state index in [2.05, 4.69) is 55.3 Å². The Morgan fingerprint density at radius 2 is 1.03 bits per heavy atom. The Kier molecular flexibility index (Phi) is 6.44. The summed E-state index contributed by atoms with van der Waals surface area (Å²) in [6.07, 6.45) is 9.83. The molecule has 0 aliphatic carbocycles. The Bertz CT molecular complexity index is 1360. The van der Waals surface area contributed by atoms with E-state index in [1.807, 2.05) is 67.6 Å². The third-order valence-corrected chi connectivity index (χ3v) is 4.85. The van der Waals surface area contributed by atoms with Crippen molar-refractivity contribution in [1.82, 2.24) is 24.9 Å². The molecule has 8 bridgehead atoms. The molecule has 159 valence electrons. The van der Waals surface area contributed by atoms with Crippen molar-refractivity contribution in [3.63, 3.8) is 0 Å². The standard InChI is InChI=1S/C20H14N4.C6H7N.Co/c1-2-14-10-16-5-6-18(23-16)12-20-8-7-19(24-20)11-17-4-3-15(22-17)9-13(1)21-14;1-6-4-2-3-5-7-6;/h1-12,21-22H;2-5H,1H3;. The maximum atomic E-state index is 4.62. The zero-order chi connectivity index (χ0) is 21.0. The third-order valence-electron chi connectivity index (χ3n) is 4.85. The van der Waals surface area contributed by atoms with Crippen LogP contribution >= 0.6 is 0 Å². The zero-order valence-corrected chi connectivity index (χ0v) is 18.5. The van der Waals surface area contributed by atoms with Crippen molar-refractivity contribution in [2.45, 2.75) is 6.92 Å². The van der Waals surface area contributed by atoms with E-state index in [0.29, 0.717) is 0 Å². The van der Waals surface area contributed by atoms with E-state index < -0.39 is 0 Å². The first-order valence-electron chi connectivity index (χ1n) is 10.1. The number of rotatable bonds is 0. The monoisotopic (exact) mass is 462 g/mol. The average Bonchev–Trinajstić information content (AvgIpc) is 3.55. The maximum Gasteiger partial charge on any atom is 0.0659 e. The van der Waals surface area contributed by atoms with Gasteiger partial charge >= 0.3 is 0 Å². The quantitative estimate of drug-likeness (QED) is 0.289. The van der Waals surface area contributed by atoms with Gasteiger partial charge in [-0.05, 0) is 91.9 Å². The molecule has 0 saturated heterocycles. The van der Waals surface area contributed by atoms with Gasteiger partial charge in [-0.2, -0.15) is 0 Å². The van der Waals surface area contributed by atoms with E-state index in [1.54, 1.807) is 6.20 Å². The molecule has 0 spiro atoms. The zero-order valence-electron chi connectivity index (χ0n) is 17.4. The predicted molar refractivity (Wildman–Crippen MR) is 128 cm³/mol. The fourth-order valence-corrected chi connectivity index (χ4v) is 3.39. The summed E-state index contributed by atoms with van der Waals surface area (Å²) in [6.45, 7) is 1.97. The second-order valence-electron chi connectivity index (χ2n) is 7.38. The number of aryl methyl sites for hydroxylation is 1. The average molecular weight is 462 g/mol. The Morgan fingerprint density at radius 1 is 0.562 bits per heavy atom. The maximum absolute atomic E-state index is 4.62.